The molecule has 186 valence electrons. The van der Waals surface area contributed by atoms with Gasteiger partial charge in [0.15, 0.2) is 11.0 Å². The molecule has 5 N–H and O–H groups in total. The molecule has 0 spiro atoms. The van der Waals surface area contributed by atoms with Gasteiger partial charge >= 0.3 is 0 Å². The van der Waals surface area contributed by atoms with E-state index in [4.69, 9.17) is 22.7 Å². The highest BCUT2D eigenvalue weighted by Crippen LogP contribution is 2.42. The molecule has 2 aliphatic rings. The van der Waals surface area contributed by atoms with Crippen molar-refractivity contribution in [2.45, 2.75) is 30.3 Å². The van der Waals surface area contributed by atoms with Crippen LogP contribution in [0.15, 0.2) is 52.4 Å². The van der Waals surface area contributed by atoms with Crippen LogP contribution in [0.3, 0.4) is 0 Å². The zero-order valence-electron chi connectivity index (χ0n) is 18.9. The summed E-state index contributed by atoms with van der Waals surface area (Å²) in [5.74, 6) is 0.499. The van der Waals surface area contributed by atoms with Crippen molar-refractivity contribution in [3.05, 3.63) is 59.4 Å². The van der Waals surface area contributed by atoms with E-state index >= 15 is 0 Å². The first-order chi connectivity index (χ1) is 16.0. The molecule has 3 atom stereocenters. The van der Waals surface area contributed by atoms with Crippen LogP contribution >= 0.6 is 12.2 Å². The monoisotopic (exact) mass is 509 g/mol. The Kier molecular flexibility index (Phi) is 9.09. The number of hydrogen-bond acceptors (Lipinski definition) is 5. The Bertz CT molecular complexity index is 1060. The lowest BCUT2D eigenvalue weighted by Gasteiger charge is -2.46. The van der Waals surface area contributed by atoms with Crippen LogP contribution in [0.2, 0.25) is 0 Å². The highest BCUT2D eigenvalue weighted by atomic mass is 32.2. The molecule has 0 amide bonds. The topological polar surface area (TPSA) is 115 Å². The fourth-order valence-corrected chi connectivity index (χ4v) is 5.56. The van der Waals surface area contributed by atoms with E-state index in [0.29, 0.717) is 11.5 Å². The van der Waals surface area contributed by atoms with E-state index < -0.39 is 11.0 Å². The Morgan fingerprint density at radius 2 is 2.09 bits per heavy atom. The van der Waals surface area contributed by atoms with Crippen molar-refractivity contribution in [3.8, 4) is 5.75 Å². The van der Waals surface area contributed by atoms with Crippen molar-refractivity contribution in [2.75, 3.05) is 32.8 Å². The first-order valence-corrected chi connectivity index (χ1v) is 12.5. The second-order valence-corrected chi connectivity index (χ2v) is 9.60. The molecule has 1 fully saturated rings. The third-order valence-corrected chi connectivity index (χ3v) is 7.58. The van der Waals surface area contributed by atoms with E-state index in [0.717, 1.165) is 55.8 Å². The molecule has 0 radical (unpaired) electrons. The summed E-state index contributed by atoms with van der Waals surface area (Å²) in [6.45, 7) is 6.49. The van der Waals surface area contributed by atoms with E-state index in [-0.39, 0.29) is 29.9 Å². The maximum atomic E-state index is 13.6. The number of nitrogens with zero attached hydrogens (tertiary/aromatic N) is 3. The van der Waals surface area contributed by atoms with Gasteiger partial charge in [-0.2, -0.15) is 0 Å². The average Bonchev–Trinajstić information content (AvgIpc) is 2.83. The Hall–Kier alpha value is -2.44. The first kappa shape index (κ1) is 26.2. The molecule has 0 bridgehead atoms. The third-order valence-electron chi connectivity index (χ3n) is 6.19. The van der Waals surface area contributed by atoms with E-state index in [1.165, 1.54) is 12.1 Å². The van der Waals surface area contributed by atoms with Gasteiger partial charge < -0.3 is 20.8 Å². The smallest absolute Gasteiger partial charge is 0.206 e. The zero-order chi connectivity index (χ0) is 23.4. The quantitative estimate of drug-likeness (QED) is 0.363. The minimum Gasteiger partial charge on any atom is -0.493 e. The van der Waals surface area contributed by atoms with Crippen LogP contribution in [0.4, 0.5) is 4.39 Å². The van der Waals surface area contributed by atoms with Crippen LogP contribution in [0.5, 0.6) is 5.75 Å². The number of halogens is 1. The summed E-state index contributed by atoms with van der Waals surface area (Å²) in [4.78, 5) is 9.20. The summed E-state index contributed by atoms with van der Waals surface area (Å²) in [5, 5.41) is 0.0586. The van der Waals surface area contributed by atoms with Crippen molar-refractivity contribution in [3.63, 3.8) is 0 Å². The molecular weight excluding hydrogens is 477 g/mol. The number of thiocarbonyl (C=S) groups is 1. The molecule has 4 rings (SSSR count). The summed E-state index contributed by atoms with van der Waals surface area (Å²) in [6, 6.07) is 12.8. The molecule has 2 aliphatic heterocycles. The van der Waals surface area contributed by atoms with Gasteiger partial charge in [0.05, 0.1) is 17.8 Å². The van der Waals surface area contributed by atoms with Crippen LogP contribution in [-0.4, -0.2) is 63.7 Å². The molecule has 2 heterocycles. The summed E-state index contributed by atoms with van der Waals surface area (Å²) in [6.07, 6.45) is 1.91. The molecule has 1 saturated heterocycles. The van der Waals surface area contributed by atoms with Gasteiger partial charge in [0, 0.05) is 45.1 Å². The molecule has 1 unspecified atom stereocenters. The number of fused-ring (bicyclic) bond motifs is 1. The van der Waals surface area contributed by atoms with Gasteiger partial charge in [0.25, 0.3) is 0 Å². The van der Waals surface area contributed by atoms with Crippen molar-refractivity contribution < 1.29 is 20.2 Å². The van der Waals surface area contributed by atoms with Crippen molar-refractivity contribution in [1.29, 1.82) is 0 Å². The lowest BCUT2D eigenvalue weighted by atomic mass is 9.93. The third kappa shape index (κ3) is 5.78. The fraction of sp³-hybridized carbons (Fsp3) is 0.391. The number of nitrogens with two attached hydrogens (primary N) is 1. The van der Waals surface area contributed by atoms with Crippen LogP contribution in [0.1, 0.15) is 38.0 Å². The molecular formula is C23H32FN5O3S2. The number of ether oxygens (including phenoxy) is 1. The molecule has 0 aromatic heterocycles. The van der Waals surface area contributed by atoms with Gasteiger partial charge in [-0.3, -0.25) is 9.62 Å². The molecule has 0 aliphatic carbocycles. The summed E-state index contributed by atoms with van der Waals surface area (Å²) < 4.78 is 34.8. The number of rotatable bonds is 5. The number of aliphatic imine (C=N–C) groups is 1. The summed E-state index contributed by atoms with van der Waals surface area (Å²) in [5.41, 5.74) is 7.42. The SMILES string of the molecule is CCN1CCN([C@H]2CCOc3cc(S(=O)NC(=S)/N=C\N)ccc32)[C@H](c2ccc(F)cc2)C1.O.[HH]. The fourth-order valence-electron chi connectivity index (χ4n) is 4.54. The summed E-state index contributed by atoms with van der Waals surface area (Å²) in [7, 11) is -1.57. The molecule has 8 nitrogen and oxygen atoms in total. The largest absolute Gasteiger partial charge is 0.493 e. The van der Waals surface area contributed by atoms with Crippen molar-refractivity contribution in [1.82, 2.24) is 14.5 Å². The lowest BCUT2D eigenvalue weighted by molar-refractivity contribution is 0.0257. The molecule has 2 aromatic carbocycles. The number of nitrogens with one attached hydrogen (secondary N) is 1. The molecule has 11 heteroatoms. The average molecular weight is 510 g/mol. The van der Waals surface area contributed by atoms with Crippen LogP contribution < -0.4 is 15.2 Å². The minimum absolute atomic E-state index is 0. The Labute approximate surface area is 208 Å². The predicted octanol–water partition coefficient (Wildman–Crippen LogP) is 2.33. The molecule has 0 saturated carbocycles. The van der Waals surface area contributed by atoms with E-state index in [9.17, 15) is 8.60 Å². The van der Waals surface area contributed by atoms with E-state index in [2.05, 4.69) is 26.4 Å². The number of benzene rings is 2. The highest BCUT2D eigenvalue weighted by molar-refractivity contribution is 7.87. The van der Waals surface area contributed by atoms with E-state index in [1.54, 1.807) is 6.07 Å². The maximum absolute atomic E-state index is 13.6. The van der Waals surface area contributed by atoms with Crippen molar-refractivity contribution in [2.24, 2.45) is 10.7 Å². The predicted molar refractivity (Wildman–Crippen MR) is 138 cm³/mol. The maximum Gasteiger partial charge on any atom is 0.206 e. The Balaban J connectivity index is 0.00000216. The highest BCUT2D eigenvalue weighted by Gasteiger charge is 2.36. The van der Waals surface area contributed by atoms with Gasteiger partial charge in [0.1, 0.15) is 11.6 Å². The van der Waals surface area contributed by atoms with E-state index in [1.807, 2.05) is 24.3 Å². The number of likely N-dealkylation sites (N-methyl/N-ethyl adjacent to an activating group) is 1. The van der Waals surface area contributed by atoms with Crippen LogP contribution in [0, 0.1) is 5.82 Å². The summed E-state index contributed by atoms with van der Waals surface area (Å²) >= 11 is 4.99. The van der Waals surface area contributed by atoms with Gasteiger partial charge in [-0.05, 0) is 48.6 Å². The van der Waals surface area contributed by atoms with Crippen LogP contribution in [-0.2, 0) is 11.0 Å². The minimum atomic E-state index is -1.57. The van der Waals surface area contributed by atoms with Gasteiger partial charge in [-0.1, -0.05) is 25.1 Å². The van der Waals surface area contributed by atoms with Crippen LogP contribution in [0.25, 0.3) is 0 Å². The molecule has 34 heavy (non-hydrogen) atoms. The Morgan fingerprint density at radius 3 is 2.79 bits per heavy atom. The second-order valence-electron chi connectivity index (χ2n) is 8.01. The number of hydrogen-bond donors (Lipinski definition) is 2. The zero-order valence-corrected chi connectivity index (χ0v) is 20.6. The van der Waals surface area contributed by atoms with Gasteiger partial charge in [-0.15, -0.1) is 0 Å². The lowest BCUT2D eigenvalue weighted by Crippen LogP contribution is -2.50. The Morgan fingerprint density at radius 1 is 1.32 bits per heavy atom. The van der Waals surface area contributed by atoms with Crippen molar-refractivity contribution >= 4 is 34.7 Å². The standard InChI is InChI=1S/C23H28FN5O2S2.H2O.H2/c1-2-28-10-11-29(21(14-28)16-3-5-17(24)6-4-16)20-9-12-31-22-13-18(7-8-19(20)22)33(30)27-23(32)26-15-25;;/h3-8,13,15,20-21H,2,9-12,14H2,1H3,(H3,25,26,27,32);1H2;1H/t20-,21-,33?;;/m0../s1. The second kappa shape index (κ2) is 11.8. The van der Waals surface area contributed by atoms with Gasteiger partial charge in [-0.25, -0.2) is 13.6 Å². The number of piperazine rings is 1. The molecule has 2 aromatic rings. The first-order valence-electron chi connectivity index (χ1n) is 11.0. The normalized spacial score (nSPS) is 21.8. The van der Waals surface area contributed by atoms with Gasteiger partial charge in [0.2, 0.25) is 5.11 Å².